The second-order valence-corrected chi connectivity index (χ2v) is 6.73. The van der Waals surface area contributed by atoms with Gasteiger partial charge in [-0.15, -0.1) is 0 Å². The predicted molar refractivity (Wildman–Crippen MR) is 86.6 cm³/mol. The van der Waals surface area contributed by atoms with Gasteiger partial charge in [0, 0.05) is 19.1 Å². The molecule has 0 aromatic heterocycles. The van der Waals surface area contributed by atoms with Gasteiger partial charge in [0.15, 0.2) is 0 Å². The highest BCUT2D eigenvalue weighted by Gasteiger charge is 2.27. The van der Waals surface area contributed by atoms with Crippen LogP contribution in [-0.4, -0.2) is 24.5 Å². The molecular formula is C18H30N2. The van der Waals surface area contributed by atoms with Gasteiger partial charge in [0.05, 0.1) is 0 Å². The Morgan fingerprint density at radius 2 is 1.95 bits per heavy atom. The van der Waals surface area contributed by atoms with Crippen molar-refractivity contribution in [3.8, 4) is 0 Å². The van der Waals surface area contributed by atoms with Gasteiger partial charge in [-0.3, -0.25) is 4.90 Å². The predicted octanol–water partition coefficient (Wildman–Crippen LogP) is 3.58. The normalized spacial score (nSPS) is 24.9. The van der Waals surface area contributed by atoms with Crippen molar-refractivity contribution in [2.45, 2.75) is 52.1 Å². The molecule has 0 spiro atoms. The van der Waals surface area contributed by atoms with E-state index < -0.39 is 0 Å². The van der Waals surface area contributed by atoms with E-state index in [9.17, 15) is 0 Å². The van der Waals surface area contributed by atoms with Crippen LogP contribution in [0.25, 0.3) is 0 Å². The zero-order valence-electron chi connectivity index (χ0n) is 13.3. The Morgan fingerprint density at radius 3 is 2.55 bits per heavy atom. The Bertz CT molecular complexity index is 408. The van der Waals surface area contributed by atoms with Gasteiger partial charge in [0.1, 0.15) is 0 Å². The summed E-state index contributed by atoms with van der Waals surface area (Å²) in [6.45, 7) is 6.33. The van der Waals surface area contributed by atoms with Crippen molar-refractivity contribution < 1.29 is 0 Å². The van der Waals surface area contributed by atoms with E-state index in [4.69, 9.17) is 5.73 Å². The van der Waals surface area contributed by atoms with Gasteiger partial charge in [0.25, 0.3) is 0 Å². The molecule has 0 saturated heterocycles. The van der Waals surface area contributed by atoms with Crippen LogP contribution < -0.4 is 5.73 Å². The molecule has 1 saturated carbocycles. The van der Waals surface area contributed by atoms with E-state index in [2.05, 4.69) is 50.1 Å². The minimum Gasteiger partial charge on any atom is -0.329 e. The first kappa shape index (κ1) is 15.5. The Balaban J connectivity index is 1.96. The molecule has 1 atom stereocenters. The van der Waals surface area contributed by atoms with Crippen LogP contribution in [-0.2, 0) is 6.54 Å². The lowest BCUT2D eigenvalue weighted by Gasteiger charge is -2.37. The van der Waals surface area contributed by atoms with Crippen LogP contribution in [0.4, 0.5) is 0 Å². The molecule has 1 fully saturated rings. The molecule has 1 unspecified atom stereocenters. The van der Waals surface area contributed by atoms with Crippen molar-refractivity contribution in [3.63, 3.8) is 0 Å². The van der Waals surface area contributed by atoms with Crippen molar-refractivity contribution in [1.82, 2.24) is 4.90 Å². The first-order valence-corrected chi connectivity index (χ1v) is 8.06. The minimum atomic E-state index is 0.531. The number of benzene rings is 1. The van der Waals surface area contributed by atoms with Crippen molar-refractivity contribution in [3.05, 3.63) is 35.4 Å². The molecule has 2 N–H and O–H groups in total. The molecular weight excluding hydrogens is 244 g/mol. The fourth-order valence-electron chi connectivity index (χ4n) is 3.62. The zero-order chi connectivity index (χ0) is 14.5. The molecule has 1 aliphatic rings. The average molecular weight is 274 g/mol. The van der Waals surface area contributed by atoms with Gasteiger partial charge in [-0.2, -0.15) is 0 Å². The smallest absolute Gasteiger partial charge is 0.0247 e. The van der Waals surface area contributed by atoms with E-state index in [1.165, 1.54) is 36.8 Å². The Morgan fingerprint density at radius 1 is 1.25 bits per heavy atom. The van der Waals surface area contributed by atoms with E-state index in [1.54, 1.807) is 0 Å². The highest BCUT2D eigenvalue weighted by Crippen LogP contribution is 2.32. The third-order valence-corrected chi connectivity index (χ3v) is 4.93. The second-order valence-electron chi connectivity index (χ2n) is 6.73. The molecule has 2 nitrogen and oxygen atoms in total. The molecule has 1 aromatic rings. The molecule has 1 aliphatic carbocycles. The summed E-state index contributed by atoms with van der Waals surface area (Å²) in [4.78, 5) is 2.47. The maximum atomic E-state index is 6.08. The van der Waals surface area contributed by atoms with E-state index in [-0.39, 0.29) is 0 Å². The number of nitrogens with two attached hydrogens (primary N) is 1. The van der Waals surface area contributed by atoms with Crippen molar-refractivity contribution in [1.29, 1.82) is 0 Å². The number of rotatable bonds is 5. The minimum absolute atomic E-state index is 0.531. The van der Waals surface area contributed by atoms with E-state index >= 15 is 0 Å². The van der Waals surface area contributed by atoms with Crippen molar-refractivity contribution in [2.75, 3.05) is 13.6 Å². The molecule has 0 bridgehead atoms. The molecule has 0 radical (unpaired) electrons. The summed E-state index contributed by atoms with van der Waals surface area (Å²) in [5.41, 5.74) is 8.82. The summed E-state index contributed by atoms with van der Waals surface area (Å²) in [6, 6.07) is 9.35. The number of hydrogen-bond acceptors (Lipinski definition) is 2. The quantitative estimate of drug-likeness (QED) is 0.889. The van der Waals surface area contributed by atoms with Crippen LogP contribution in [0, 0.1) is 18.8 Å². The number of hydrogen-bond donors (Lipinski definition) is 1. The van der Waals surface area contributed by atoms with Gasteiger partial charge in [-0.05, 0) is 44.2 Å². The summed E-state index contributed by atoms with van der Waals surface area (Å²) in [7, 11) is 2.23. The summed E-state index contributed by atoms with van der Waals surface area (Å²) >= 11 is 0. The molecule has 1 aromatic carbocycles. The third kappa shape index (κ3) is 4.07. The fraction of sp³-hybridized carbons (Fsp3) is 0.667. The Labute approximate surface area is 124 Å². The number of likely N-dealkylation sites (N-methyl/N-ethyl adjacent to an activating group) is 1. The van der Waals surface area contributed by atoms with Gasteiger partial charge in [-0.1, -0.05) is 49.6 Å². The average Bonchev–Trinajstić information content (AvgIpc) is 2.42. The van der Waals surface area contributed by atoms with E-state index in [1.807, 2.05) is 0 Å². The summed E-state index contributed by atoms with van der Waals surface area (Å²) in [6.07, 6.45) is 5.45. The maximum Gasteiger partial charge on any atom is 0.0247 e. The Hall–Kier alpha value is -0.860. The highest BCUT2D eigenvalue weighted by molar-refractivity contribution is 5.22. The second kappa shape index (κ2) is 7.24. The van der Waals surface area contributed by atoms with Crippen LogP contribution in [0.5, 0.6) is 0 Å². The van der Waals surface area contributed by atoms with Crippen LogP contribution in [0.1, 0.15) is 43.7 Å². The molecule has 2 rings (SSSR count). The molecule has 0 amide bonds. The topological polar surface area (TPSA) is 29.3 Å². The van der Waals surface area contributed by atoms with Crippen molar-refractivity contribution >= 4 is 0 Å². The van der Waals surface area contributed by atoms with E-state index in [0.29, 0.717) is 6.04 Å². The van der Waals surface area contributed by atoms with Crippen LogP contribution in [0.15, 0.2) is 24.3 Å². The van der Waals surface area contributed by atoms with Crippen LogP contribution in [0.3, 0.4) is 0 Å². The lowest BCUT2D eigenvalue weighted by Crippen LogP contribution is -2.44. The van der Waals surface area contributed by atoms with Gasteiger partial charge < -0.3 is 5.73 Å². The standard InChI is InChI=1S/C18H30N2/c1-14-7-9-17(10-8-14)18(12-19)20(3)13-16-6-4-5-15(2)11-16/h4-6,11,14,17-18H,7-10,12-13,19H2,1-3H3. The molecule has 0 aliphatic heterocycles. The van der Waals surface area contributed by atoms with Gasteiger partial charge in [-0.25, -0.2) is 0 Å². The fourth-order valence-corrected chi connectivity index (χ4v) is 3.62. The SMILES string of the molecule is Cc1cccc(CN(C)C(CN)C2CCC(C)CC2)c1. The zero-order valence-corrected chi connectivity index (χ0v) is 13.3. The van der Waals surface area contributed by atoms with Gasteiger partial charge in [0.2, 0.25) is 0 Å². The monoisotopic (exact) mass is 274 g/mol. The maximum absolute atomic E-state index is 6.08. The molecule has 112 valence electrons. The van der Waals surface area contributed by atoms with Gasteiger partial charge >= 0.3 is 0 Å². The van der Waals surface area contributed by atoms with Crippen LogP contribution in [0.2, 0.25) is 0 Å². The largest absolute Gasteiger partial charge is 0.329 e. The number of aryl methyl sites for hydroxylation is 1. The lowest BCUT2D eigenvalue weighted by molar-refractivity contribution is 0.130. The van der Waals surface area contributed by atoms with Crippen molar-refractivity contribution in [2.24, 2.45) is 17.6 Å². The number of nitrogens with zero attached hydrogens (tertiary/aromatic N) is 1. The summed E-state index contributed by atoms with van der Waals surface area (Å²) in [5.74, 6) is 1.69. The van der Waals surface area contributed by atoms with E-state index in [0.717, 1.165) is 24.9 Å². The molecule has 20 heavy (non-hydrogen) atoms. The first-order valence-electron chi connectivity index (χ1n) is 8.06. The Kier molecular flexibility index (Phi) is 5.62. The summed E-state index contributed by atoms with van der Waals surface area (Å²) in [5, 5.41) is 0. The first-order chi connectivity index (χ1) is 9.60. The van der Waals surface area contributed by atoms with Crippen LogP contribution >= 0.6 is 0 Å². The summed E-state index contributed by atoms with van der Waals surface area (Å²) < 4.78 is 0. The lowest BCUT2D eigenvalue weighted by atomic mass is 9.79. The highest BCUT2D eigenvalue weighted by atomic mass is 15.1. The molecule has 2 heteroatoms. The third-order valence-electron chi connectivity index (χ3n) is 4.93. The molecule has 0 heterocycles.